The number of nitrogens with one attached hydrogen (secondary N) is 1. The molecule has 0 fully saturated rings. The number of carbonyl (C=O) groups excluding carboxylic acids is 1. The van der Waals surface area contributed by atoms with Crippen molar-refractivity contribution < 1.29 is 9.21 Å². The SMILES string of the molecule is Cc1ccc(SCc2nc(-c3ccc(C(=O)NCc4cccc(C)c4)cc3)oc2C)cc1. The topological polar surface area (TPSA) is 55.1 Å². The molecule has 1 amide bonds. The lowest BCUT2D eigenvalue weighted by Crippen LogP contribution is -2.22. The molecule has 0 radical (unpaired) electrons. The van der Waals surface area contributed by atoms with E-state index in [1.54, 1.807) is 23.9 Å². The third kappa shape index (κ3) is 5.48. The van der Waals surface area contributed by atoms with Gasteiger partial charge in [-0.1, -0.05) is 47.5 Å². The molecule has 32 heavy (non-hydrogen) atoms. The van der Waals surface area contributed by atoms with E-state index in [-0.39, 0.29) is 5.91 Å². The number of nitrogens with zero attached hydrogens (tertiary/aromatic N) is 1. The van der Waals surface area contributed by atoms with Crippen LogP contribution in [0, 0.1) is 20.8 Å². The number of rotatable bonds is 7. The van der Waals surface area contributed by atoms with Crippen LogP contribution >= 0.6 is 11.8 Å². The summed E-state index contributed by atoms with van der Waals surface area (Å²) in [5.74, 6) is 2.04. The molecular formula is C27H26N2O2S. The molecule has 3 aromatic carbocycles. The van der Waals surface area contributed by atoms with Gasteiger partial charge in [0.25, 0.3) is 5.91 Å². The van der Waals surface area contributed by atoms with Crippen LogP contribution in [-0.2, 0) is 12.3 Å². The minimum atomic E-state index is -0.100. The van der Waals surface area contributed by atoms with Gasteiger partial charge in [0.2, 0.25) is 5.89 Å². The summed E-state index contributed by atoms with van der Waals surface area (Å²) in [5, 5.41) is 2.97. The van der Waals surface area contributed by atoms with Gasteiger partial charge < -0.3 is 9.73 Å². The fraction of sp³-hybridized carbons (Fsp3) is 0.185. The highest BCUT2D eigenvalue weighted by Crippen LogP contribution is 2.28. The Morgan fingerprint density at radius 3 is 2.41 bits per heavy atom. The highest BCUT2D eigenvalue weighted by molar-refractivity contribution is 7.98. The van der Waals surface area contributed by atoms with E-state index in [1.807, 2.05) is 44.2 Å². The van der Waals surface area contributed by atoms with Gasteiger partial charge in [0.1, 0.15) is 5.76 Å². The predicted octanol–water partition coefficient (Wildman–Crippen LogP) is 6.49. The van der Waals surface area contributed by atoms with Gasteiger partial charge in [-0.2, -0.15) is 0 Å². The minimum absolute atomic E-state index is 0.100. The Morgan fingerprint density at radius 1 is 0.938 bits per heavy atom. The largest absolute Gasteiger partial charge is 0.441 e. The van der Waals surface area contributed by atoms with Crippen molar-refractivity contribution in [1.82, 2.24) is 10.3 Å². The van der Waals surface area contributed by atoms with E-state index in [0.29, 0.717) is 18.0 Å². The zero-order valence-corrected chi connectivity index (χ0v) is 19.3. The van der Waals surface area contributed by atoms with Gasteiger partial charge in [0, 0.05) is 28.3 Å². The van der Waals surface area contributed by atoms with E-state index in [2.05, 4.69) is 47.6 Å². The van der Waals surface area contributed by atoms with Gasteiger partial charge in [-0.05, 0) is 62.7 Å². The van der Waals surface area contributed by atoms with E-state index in [4.69, 9.17) is 4.42 Å². The molecule has 0 bridgehead atoms. The Bertz CT molecular complexity index is 1210. The summed E-state index contributed by atoms with van der Waals surface area (Å²) in [6.45, 7) is 6.57. The molecule has 0 aliphatic carbocycles. The molecule has 0 atom stereocenters. The van der Waals surface area contributed by atoms with Crippen molar-refractivity contribution in [3.05, 3.63) is 107 Å². The molecular weight excluding hydrogens is 416 g/mol. The number of hydrogen-bond acceptors (Lipinski definition) is 4. The Kier molecular flexibility index (Phi) is 6.76. The summed E-state index contributed by atoms with van der Waals surface area (Å²) in [4.78, 5) is 18.4. The minimum Gasteiger partial charge on any atom is -0.441 e. The highest BCUT2D eigenvalue weighted by atomic mass is 32.2. The molecule has 0 saturated heterocycles. The van der Waals surface area contributed by atoms with E-state index in [0.717, 1.165) is 28.3 Å². The van der Waals surface area contributed by atoms with E-state index in [9.17, 15) is 4.79 Å². The van der Waals surface area contributed by atoms with Crippen molar-refractivity contribution in [3.63, 3.8) is 0 Å². The molecule has 5 heteroatoms. The first kappa shape index (κ1) is 21.9. The second-order valence-corrected chi connectivity index (χ2v) is 8.92. The first-order chi connectivity index (χ1) is 15.5. The average molecular weight is 443 g/mol. The monoisotopic (exact) mass is 442 g/mol. The van der Waals surface area contributed by atoms with Crippen molar-refractivity contribution in [1.29, 1.82) is 0 Å². The predicted molar refractivity (Wildman–Crippen MR) is 130 cm³/mol. The fourth-order valence-corrected chi connectivity index (χ4v) is 4.24. The van der Waals surface area contributed by atoms with E-state index >= 15 is 0 Å². The first-order valence-electron chi connectivity index (χ1n) is 10.6. The number of aryl methyl sites for hydroxylation is 3. The van der Waals surface area contributed by atoms with Gasteiger partial charge in [-0.15, -0.1) is 11.8 Å². The molecule has 0 spiro atoms. The van der Waals surface area contributed by atoms with Crippen LogP contribution in [0.4, 0.5) is 0 Å². The average Bonchev–Trinajstić information content (AvgIpc) is 3.18. The standard InChI is InChI=1S/C27H26N2O2S/c1-18-7-13-24(14-8-18)32-17-25-20(3)31-27(29-25)23-11-9-22(10-12-23)26(30)28-16-21-6-4-5-19(2)15-21/h4-15H,16-17H2,1-3H3,(H,28,30). The molecule has 4 aromatic rings. The van der Waals surface area contributed by atoms with Crippen molar-refractivity contribution in [2.75, 3.05) is 0 Å². The van der Waals surface area contributed by atoms with Crippen molar-refractivity contribution in [2.24, 2.45) is 0 Å². The normalized spacial score (nSPS) is 10.8. The summed E-state index contributed by atoms with van der Waals surface area (Å²) in [5.41, 5.74) is 5.92. The summed E-state index contributed by atoms with van der Waals surface area (Å²) < 4.78 is 5.90. The zero-order valence-electron chi connectivity index (χ0n) is 18.5. The molecule has 0 unspecified atom stereocenters. The van der Waals surface area contributed by atoms with Crippen molar-refractivity contribution in [2.45, 2.75) is 38.0 Å². The third-order valence-corrected chi connectivity index (χ3v) is 6.24. The number of amides is 1. The summed E-state index contributed by atoms with van der Waals surface area (Å²) in [6, 6.07) is 24.0. The Balaban J connectivity index is 1.38. The maximum atomic E-state index is 12.5. The number of hydrogen-bond donors (Lipinski definition) is 1. The molecule has 4 nitrogen and oxygen atoms in total. The number of oxazole rings is 1. The Morgan fingerprint density at radius 2 is 1.69 bits per heavy atom. The Labute approximate surface area is 193 Å². The summed E-state index contributed by atoms with van der Waals surface area (Å²) in [7, 11) is 0. The molecule has 1 N–H and O–H groups in total. The van der Waals surface area contributed by atoms with Crippen LogP contribution in [0.2, 0.25) is 0 Å². The summed E-state index contributed by atoms with van der Waals surface area (Å²) >= 11 is 1.74. The van der Waals surface area contributed by atoms with Crippen LogP contribution in [0.1, 0.15) is 38.5 Å². The molecule has 0 aliphatic heterocycles. The first-order valence-corrected chi connectivity index (χ1v) is 11.6. The maximum absolute atomic E-state index is 12.5. The van der Waals surface area contributed by atoms with Gasteiger partial charge in [-0.3, -0.25) is 4.79 Å². The van der Waals surface area contributed by atoms with Crippen LogP contribution < -0.4 is 5.32 Å². The van der Waals surface area contributed by atoms with Crippen LogP contribution in [0.15, 0.2) is 82.1 Å². The van der Waals surface area contributed by atoms with Gasteiger partial charge in [0.05, 0.1) is 5.69 Å². The van der Waals surface area contributed by atoms with Crippen LogP contribution in [0.3, 0.4) is 0 Å². The number of benzene rings is 3. The van der Waals surface area contributed by atoms with Gasteiger partial charge >= 0.3 is 0 Å². The molecule has 1 heterocycles. The molecule has 4 rings (SSSR count). The lowest BCUT2D eigenvalue weighted by molar-refractivity contribution is 0.0951. The Hall–Kier alpha value is -3.31. The zero-order chi connectivity index (χ0) is 22.5. The molecule has 162 valence electrons. The number of carbonyl (C=O) groups is 1. The number of thioether (sulfide) groups is 1. The smallest absolute Gasteiger partial charge is 0.251 e. The highest BCUT2D eigenvalue weighted by Gasteiger charge is 2.13. The quantitative estimate of drug-likeness (QED) is 0.332. The number of aromatic nitrogens is 1. The van der Waals surface area contributed by atoms with Crippen LogP contribution in [-0.4, -0.2) is 10.9 Å². The molecule has 1 aromatic heterocycles. The van der Waals surface area contributed by atoms with Gasteiger partial charge in [0.15, 0.2) is 0 Å². The van der Waals surface area contributed by atoms with Crippen LogP contribution in [0.5, 0.6) is 0 Å². The van der Waals surface area contributed by atoms with E-state index in [1.165, 1.54) is 16.0 Å². The lowest BCUT2D eigenvalue weighted by Gasteiger charge is -2.06. The molecule has 0 aliphatic rings. The van der Waals surface area contributed by atoms with Crippen molar-refractivity contribution in [3.8, 4) is 11.5 Å². The van der Waals surface area contributed by atoms with Crippen molar-refractivity contribution >= 4 is 17.7 Å². The third-order valence-electron chi connectivity index (χ3n) is 5.22. The maximum Gasteiger partial charge on any atom is 0.251 e. The lowest BCUT2D eigenvalue weighted by atomic mass is 10.1. The van der Waals surface area contributed by atoms with Gasteiger partial charge in [-0.25, -0.2) is 4.98 Å². The van der Waals surface area contributed by atoms with Crippen LogP contribution in [0.25, 0.3) is 11.5 Å². The fourth-order valence-electron chi connectivity index (χ4n) is 3.34. The second kappa shape index (κ2) is 9.88. The second-order valence-electron chi connectivity index (χ2n) is 7.87. The summed E-state index contributed by atoms with van der Waals surface area (Å²) in [6.07, 6.45) is 0. The molecule has 0 saturated carbocycles. The van der Waals surface area contributed by atoms with E-state index < -0.39 is 0 Å².